The summed E-state index contributed by atoms with van der Waals surface area (Å²) < 4.78 is 103. The second-order valence-electron chi connectivity index (χ2n) is 8.95. The van der Waals surface area contributed by atoms with Gasteiger partial charge in [-0.3, -0.25) is 9.88 Å². The second kappa shape index (κ2) is 14.1. The van der Waals surface area contributed by atoms with E-state index >= 15 is 0 Å². The Kier molecular flexibility index (Phi) is 11.7. The van der Waals surface area contributed by atoms with Crippen molar-refractivity contribution in [3.63, 3.8) is 0 Å². The van der Waals surface area contributed by atoms with Crippen molar-refractivity contribution in [3.05, 3.63) is 54.4 Å². The molecule has 2 aliphatic rings. The van der Waals surface area contributed by atoms with Crippen molar-refractivity contribution in [1.82, 2.24) is 14.2 Å². The number of carboxylic acids is 2. The lowest BCUT2D eigenvalue weighted by atomic mass is 10.0. The number of hydrogen-bond acceptors (Lipinski definition) is 8. The maximum Gasteiger partial charge on any atom is 0.490 e. The quantitative estimate of drug-likeness (QED) is 0.472. The lowest BCUT2D eigenvalue weighted by molar-refractivity contribution is -0.193. The Morgan fingerprint density at radius 1 is 1.00 bits per heavy atom. The maximum absolute atomic E-state index is 13.2. The first kappa shape index (κ1) is 34.7. The number of hydrogen-bond donors (Lipinski definition) is 2. The molecule has 2 aliphatic heterocycles. The second-order valence-corrected chi connectivity index (χ2v) is 10.9. The molecule has 11 nitrogen and oxygen atoms in total. The van der Waals surface area contributed by atoms with Gasteiger partial charge in [-0.1, -0.05) is 18.2 Å². The number of carboxylic acid groups (broad SMARTS) is 2. The predicted octanol–water partition coefficient (Wildman–Crippen LogP) is 3.02. The molecule has 1 fully saturated rings. The number of halogens is 6. The van der Waals surface area contributed by atoms with Crippen LogP contribution in [-0.2, 0) is 30.9 Å². The zero-order chi connectivity index (χ0) is 31.8. The van der Waals surface area contributed by atoms with Gasteiger partial charge < -0.3 is 19.7 Å². The Morgan fingerprint density at radius 2 is 1.57 bits per heavy atom. The molecule has 0 aliphatic carbocycles. The Labute approximate surface area is 236 Å². The minimum atomic E-state index is -5.08. The van der Waals surface area contributed by atoms with Crippen LogP contribution >= 0.6 is 0 Å². The molecule has 1 atom stereocenters. The first-order valence-electron chi connectivity index (χ1n) is 11.9. The lowest BCUT2D eigenvalue weighted by Crippen LogP contribution is -2.49. The van der Waals surface area contributed by atoms with Crippen LogP contribution in [0.2, 0.25) is 0 Å². The number of carbonyl (C=O) groups is 2. The summed E-state index contributed by atoms with van der Waals surface area (Å²) in [7, 11) is -2.06. The van der Waals surface area contributed by atoms with Gasteiger partial charge in [0.15, 0.2) is 0 Å². The molecule has 1 unspecified atom stereocenters. The number of ether oxygens (including phenoxy) is 2. The van der Waals surface area contributed by atoms with Crippen molar-refractivity contribution in [2.24, 2.45) is 0 Å². The number of methoxy groups -OCH3 is 1. The third-order valence-electron chi connectivity index (χ3n) is 5.79. The summed E-state index contributed by atoms with van der Waals surface area (Å²) >= 11 is 0. The Hall–Kier alpha value is -3.48. The monoisotopic (exact) mass is 631 g/mol. The Bertz CT molecular complexity index is 1290. The van der Waals surface area contributed by atoms with Crippen molar-refractivity contribution in [2.45, 2.75) is 35.8 Å². The molecular formula is C24H27F6N3O8S. The molecular weight excluding hydrogens is 604 g/mol. The van der Waals surface area contributed by atoms with Crippen LogP contribution < -0.4 is 4.74 Å². The van der Waals surface area contributed by atoms with Crippen molar-refractivity contribution in [2.75, 3.05) is 39.9 Å². The third-order valence-corrected chi connectivity index (χ3v) is 7.68. The highest BCUT2D eigenvalue weighted by Gasteiger charge is 2.47. The number of sulfonamides is 1. The lowest BCUT2D eigenvalue weighted by Gasteiger charge is -2.32. The van der Waals surface area contributed by atoms with Gasteiger partial charge in [0.25, 0.3) is 0 Å². The number of alkyl halides is 6. The number of nitrogens with zero attached hydrogens (tertiary/aromatic N) is 3. The third kappa shape index (κ3) is 9.81. The van der Waals surface area contributed by atoms with Gasteiger partial charge in [-0.05, 0) is 24.3 Å². The summed E-state index contributed by atoms with van der Waals surface area (Å²) in [4.78, 5) is 24.7. The van der Waals surface area contributed by atoms with Gasteiger partial charge in [0.05, 0.1) is 18.8 Å². The van der Waals surface area contributed by atoms with Crippen molar-refractivity contribution in [1.29, 1.82) is 0 Å². The fourth-order valence-electron chi connectivity index (χ4n) is 3.95. The highest BCUT2D eigenvalue weighted by Crippen LogP contribution is 2.38. The molecule has 4 rings (SSSR count). The molecule has 1 aromatic carbocycles. The number of aliphatic carboxylic acids is 2. The summed E-state index contributed by atoms with van der Waals surface area (Å²) in [6.07, 6.45) is -7.62. The summed E-state index contributed by atoms with van der Waals surface area (Å²) in [6.45, 7) is 3.16. The molecule has 0 bridgehead atoms. The van der Waals surface area contributed by atoms with E-state index in [0.717, 1.165) is 25.2 Å². The molecule has 42 heavy (non-hydrogen) atoms. The number of fused-ring (bicyclic) bond motifs is 1. The standard InChI is InChI=1S/C20H25N3O4S.2C2HF3O2/c1-26-13-12-23-16-20(27-18-7-2-3-8-19(18)28(23,24)25)9-11-22(15-20)14-17-6-4-5-10-21-17;2*3-2(4,5)1(6)7/h2-8,10H,9,11-16H2,1H3;2*(H,6,7). The van der Waals surface area contributed by atoms with Crippen LogP contribution in [0.25, 0.3) is 0 Å². The first-order valence-corrected chi connectivity index (χ1v) is 13.3. The molecule has 1 saturated heterocycles. The van der Waals surface area contributed by atoms with Crippen molar-refractivity contribution >= 4 is 22.0 Å². The summed E-state index contributed by atoms with van der Waals surface area (Å²) in [5.41, 5.74) is 0.416. The number of rotatable bonds is 5. The van der Waals surface area contributed by atoms with Crippen LogP contribution in [0.1, 0.15) is 12.1 Å². The molecule has 18 heteroatoms. The average Bonchev–Trinajstić information content (AvgIpc) is 3.24. The average molecular weight is 632 g/mol. The van der Waals surface area contributed by atoms with Gasteiger partial charge in [0, 0.05) is 45.9 Å². The highest BCUT2D eigenvalue weighted by atomic mass is 32.2. The van der Waals surface area contributed by atoms with Gasteiger partial charge in [0.1, 0.15) is 16.2 Å². The fraction of sp³-hybridized carbons (Fsp3) is 0.458. The zero-order valence-corrected chi connectivity index (χ0v) is 22.7. The number of para-hydroxylation sites is 1. The summed E-state index contributed by atoms with van der Waals surface area (Å²) in [5.74, 6) is -5.08. The van der Waals surface area contributed by atoms with E-state index in [1.54, 1.807) is 31.5 Å². The van der Waals surface area contributed by atoms with E-state index in [4.69, 9.17) is 29.3 Å². The van der Waals surface area contributed by atoms with Crippen molar-refractivity contribution in [3.8, 4) is 5.75 Å². The van der Waals surface area contributed by atoms with Gasteiger partial charge in [-0.15, -0.1) is 0 Å². The van der Waals surface area contributed by atoms with Crippen LogP contribution in [0.4, 0.5) is 26.3 Å². The van der Waals surface area contributed by atoms with Crippen LogP contribution in [0.5, 0.6) is 5.75 Å². The van der Waals surface area contributed by atoms with Crippen LogP contribution in [-0.4, -0.2) is 103 Å². The van der Waals surface area contributed by atoms with Gasteiger partial charge in [0.2, 0.25) is 10.0 Å². The molecule has 234 valence electrons. The SMILES string of the molecule is COCCN1CC2(CCN(Cc3ccccn3)C2)Oc2ccccc2S1(=O)=O.O=C(O)C(F)(F)F.O=C(O)C(F)(F)F. The molecule has 1 spiro atoms. The van der Waals surface area contributed by atoms with E-state index in [1.807, 2.05) is 24.3 Å². The number of aromatic nitrogens is 1. The molecule has 2 aromatic rings. The fourth-order valence-corrected chi connectivity index (χ4v) is 5.56. The number of benzene rings is 1. The van der Waals surface area contributed by atoms with E-state index < -0.39 is 39.9 Å². The van der Waals surface area contributed by atoms with Crippen LogP contribution in [0.3, 0.4) is 0 Å². The predicted molar refractivity (Wildman–Crippen MR) is 132 cm³/mol. The Balaban J connectivity index is 0.000000367. The van der Waals surface area contributed by atoms with E-state index in [2.05, 4.69) is 9.88 Å². The molecule has 1 aromatic heterocycles. The number of likely N-dealkylation sites (tertiary alicyclic amines) is 1. The maximum atomic E-state index is 13.2. The van der Waals surface area contributed by atoms with E-state index in [0.29, 0.717) is 32.0 Å². The van der Waals surface area contributed by atoms with Gasteiger partial charge >= 0.3 is 24.3 Å². The van der Waals surface area contributed by atoms with Crippen LogP contribution in [0, 0.1) is 0 Å². The van der Waals surface area contributed by atoms with E-state index in [-0.39, 0.29) is 4.90 Å². The largest absolute Gasteiger partial charge is 0.490 e. The van der Waals surface area contributed by atoms with E-state index in [9.17, 15) is 34.8 Å². The Morgan fingerprint density at radius 3 is 2.10 bits per heavy atom. The smallest absolute Gasteiger partial charge is 0.483 e. The molecule has 0 amide bonds. The topological polar surface area (TPSA) is 147 Å². The minimum Gasteiger partial charge on any atom is -0.483 e. The van der Waals surface area contributed by atoms with Crippen LogP contribution in [0.15, 0.2) is 53.6 Å². The number of pyridine rings is 1. The van der Waals surface area contributed by atoms with Gasteiger partial charge in [-0.25, -0.2) is 18.0 Å². The molecule has 2 N–H and O–H groups in total. The van der Waals surface area contributed by atoms with Gasteiger partial charge in [-0.2, -0.15) is 30.6 Å². The first-order chi connectivity index (χ1) is 19.4. The summed E-state index contributed by atoms with van der Waals surface area (Å²) in [5, 5.41) is 14.2. The molecule has 0 saturated carbocycles. The molecule has 3 heterocycles. The van der Waals surface area contributed by atoms with E-state index in [1.165, 1.54) is 4.31 Å². The minimum absolute atomic E-state index is 0.228. The van der Waals surface area contributed by atoms with Crippen molar-refractivity contribution < 1.29 is 64.0 Å². The highest BCUT2D eigenvalue weighted by molar-refractivity contribution is 7.89. The normalized spacial score (nSPS) is 20.2. The summed E-state index contributed by atoms with van der Waals surface area (Å²) in [6, 6.07) is 12.8. The zero-order valence-electron chi connectivity index (χ0n) is 21.9. The molecule has 0 radical (unpaired) electrons.